The topological polar surface area (TPSA) is 64.0 Å². The number of hydrogen-bond acceptors (Lipinski definition) is 4. The van der Waals surface area contributed by atoms with E-state index in [1.807, 2.05) is 50.2 Å². The van der Waals surface area contributed by atoms with Crippen LogP contribution in [0.3, 0.4) is 0 Å². The summed E-state index contributed by atoms with van der Waals surface area (Å²) in [7, 11) is 0. The van der Waals surface area contributed by atoms with Gasteiger partial charge in [0.15, 0.2) is 5.16 Å². The molecule has 1 N–H and O–H groups in total. The number of thioether (sulfide) groups is 1. The first-order valence-electron chi connectivity index (χ1n) is 9.10. The van der Waals surface area contributed by atoms with E-state index in [1.54, 1.807) is 22.8 Å². The second-order valence-corrected chi connectivity index (χ2v) is 7.89. The van der Waals surface area contributed by atoms with Gasteiger partial charge in [-0.2, -0.15) is 0 Å². The van der Waals surface area contributed by atoms with E-state index in [0.29, 0.717) is 29.1 Å². The predicted molar refractivity (Wildman–Crippen MR) is 115 cm³/mol. The highest BCUT2D eigenvalue weighted by Gasteiger charge is 2.19. The van der Waals surface area contributed by atoms with Crippen LogP contribution in [0.25, 0.3) is 10.9 Å². The largest absolute Gasteiger partial charge is 0.351 e. The van der Waals surface area contributed by atoms with Crippen LogP contribution >= 0.6 is 11.8 Å². The summed E-state index contributed by atoms with van der Waals surface area (Å²) in [5.74, 6) is -0.0989. The minimum absolute atomic E-state index is 0.0989. The standard InChI is InChI=1S/C22H23N3O2S/c1-4-13-25-21(27)18-7-5-6-8-19(18)24-22(25)28-16(3)20(26)23-14-17-11-9-15(2)10-12-17/h4-12,16H,1,13-14H2,2-3H3,(H,23,26). The normalized spacial score (nSPS) is 11.9. The molecule has 28 heavy (non-hydrogen) atoms. The molecular formula is C22H23N3O2S. The van der Waals surface area contributed by atoms with E-state index < -0.39 is 5.25 Å². The van der Waals surface area contributed by atoms with Crippen LogP contribution in [0.15, 0.2) is 71.1 Å². The number of benzene rings is 2. The van der Waals surface area contributed by atoms with Crippen molar-refractivity contribution in [2.75, 3.05) is 0 Å². The average molecular weight is 394 g/mol. The van der Waals surface area contributed by atoms with E-state index in [0.717, 1.165) is 5.56 Å². The van der Waals surface area contributed by atoms with Gasteiger partial charge in [0, 0.05) is 13.1 Å². The molecule has 0 aliphatic rings. The number of hydrogen-bond donors (Lipinski definition) is 1. The lowest BCUT2D eigenvalue weighted by Crippen LogP contribution is -2.31. The third kappa shape index (κ3) is 4.51. The highest BCUT2D eigenvalue weighted by atomic mass is 32.2. The smallest absolute Gasteiger partial charge is 0.262 e. The fourth-order valence-electron chi connectivity index (χ4n) is 2.78. The SMILES string of the molecule is C=CCn1c(SC(C)C(=O)NCc2ccc(C)cc2)nc2ccccc2c1=O. The molecule has 2 aromatic carbocycles. The minimum Gasteiger partial charge on any atom is -0.351 e. The van der Waals surface area contributed by atoms with Gasteiger partial charge in [0.05, 0.1) is 16.2 Å². The molecule has 1 amide bonds. The molecule has 6 heteroatoms. The summed E-state index contributed by atoms with van der Waals surface area (Å²) in [4.78, 5) is 29.9. The lowest BCUT2D eigenvalue weighted by molar-refractivity contribution is -0.120. The van der Waals surface area contributed by atoms with Gasteiger partial charge in [-0.1, -0.05) is 59.8 Å². The van der Waals surface area contributed by atoms with Crippen molar-refractivity contribution in [3.8, 4) is 0 Å². The van der Waals surface area contributed by atoms with Crippen LogP contribution in [0, 0.1) is 6.92 Å². The van der Waals surface area contributed by atoms with E-state index in [1.165, 1.54) is 17.3 Å². The van der Waals surface area contributed by atoms with Gasteiger partial charge in [-0.05, 0) is 31.5 Å². The van der Waals surface area contributed by atoms with Gasteiger partial charge < -0.3 is 5.32 Å². The molecule has 1 heterocycles. The number of rotatable bonds is 7. The highest BCUT2D eigenvalue weighted by Crippen LogP contribution is 2.22. The van der Waals surface area contributed by atoms with E-state index in [-0.39, 0.29) is 11.5 Å². The number of aryl methyl sites for hydroxylation is 1. The van der Waals surface area contributed by atoms with Crippen LogP contribution in [0.2, 0.25) is 0 Å². The van der Waals surface area contributed by atoms with Gasteiger partial charge in [0.25, 0.3) is 5.56 Å². The molecule has 144 valence electrons. The quantitative estimate of drug-likeness (QED) is 0.378. The van der Waals surface area contributed by atoms with Crippen molar-refractivity contribution in [3.63, 3.8) is 0 Å². The molecule has 1 atom stereocenters. The first kappa shape index (κ1) is 19.9. The zero-order valence-electron chi connectivity index (χ0n) is 16.0. The molecule has 0 saturated heterocycles. The lowest BCUT2D eigenvalue weighted by Gasteiger charge is -2.15. The Morgan fingerprint density at radius 2 is 1.96 bits per heavy atom. The monoisotopic (exact) mass is 393 g/mol. The molecular weight excluding hydrogens is 370 g/mol. The second-order valence-electron chi connectivity index (χ2n) is 6.58. The zero-order valence-corrected chi connectivity index (χ0v) is 16.8. The molecule has 0 spiro atoms. The molecule has 0 saturated carbocycles. The molecule has 5 nitrogen and oxygen atoms in total. The summed E-state index contributed by atoms with van der Waals surface area (Å²) in [6.07, 6.45) is 1.66. The Kier molecular flexibility index (Phi) is 6.31. The van der Waals surface area contributed by atoms with E-state index in [9.17, 15) is 9.59 Å². The Labute approximate surface area is 168 Å². The Bertz CT molecular complexity index is 1060. The maximum absolute atomic E-state index is 12.8. The van der Waals surface area contributed by atoms with Gasteiger partial charge in [-0.15, -0.1) is 6.58 Å². The van der Waals surface area contributed by atoms with Crippen molar-refractivity contribution < 1.29 is 4.79 Å². The summed E-state index contributed by atoms with van der Waals surface area (Å²) < 4.78 is 1.56. The van der Waals surface area contributed by atoms with Gasteiger partial charge >= 0.3 is 0 Å². The molecule has 1 aromatic heterocycles. The molecule has 0 radical (unpaired) electrons. The Morgan fingerprint density at radius 1 is 1.25 bits per heavy atom. The Morgan fingerprint density at radius 3 is 2.68 bits per heavy atom. The van der Waals surface area contributed by atoms with Gasteiger partial charge in [0.1, 0.15) is 0 Å². The number of nitrogens with one attached hydrogen (secondary N) is 1. The highest BCUT2D eigenvalue weighted by molar-refractivity contribution is 8.00. The number of fused-ring (bicyclic) bond motifs is 1. The van der Waals surface area contributed by atoms with Crippen LogP contribution in [0.4, 0.5) is 0 Å². The van der Waals surface area contributed by atoms with Crippen LogP contribution in [-0.2, 0) is 17.9 Å². The maximum atomic E-state index is 12.8. The van der Waals surface area contributed by atoms with Crippen molar-refractivity contribution in [2.45, 2.75) is 37.3 Å². The van der Waals surface area contributed by atoms with Crippen molar-refractivity contribution in [2.24, 2.45) is 0 Å². The Hall–Kier alpha value is -2.86. The molecule has 0 aliphatic carbocycles. The van der Waals surface area contributed by atoms with Crippen molar-refractivity contribution in [1.82, 2.24) is 14.9 Å². The van der Waals surface area contributed by atoms with E-state index in [4.69, 9.17) is 0 Å². The third-order valence-corrected chi connectivity index (χ3v) is 5.47. The summed E-state index contributed by atoms with van der Waals surface area (Å²) in [5, 5.41) is 3.63. The molecule has 3 rings (SSSR count). The molecule has 0 aliphatic heterocycles. The van der Waals surface area contributed by atoms with Gasteiger partial charge in [-0.3, -0.25) is 14.2 Å². The summed E-state index contributed by atoms with van der Waals surface area (Å²) in [6.45, 7) is 8.38. The van der Waals surface area contributed by atoms with Crippen molar-refractivity contribution >= 4 is 28.6 Å². The van der Waals surface area contributed by atoms with E-state index >= 15 is 0 Å². The fraction of sp³-hybridized carbons (Fsp3) is 0.227. The molecule has 3 aromatic rings. The van der Waals surface area contributed by atoms with Crippen LogP contribution in [0.1, 0.15) is 18.1 Å². The number of allylic oxidation sites excluding steroid dienone is 1. The molecule has 0 bridgehead atoms. The van der Waals surface area contributed by atoms with Crippen LogP contribution in [-0.4, -0.2) is 20.7 Å². The summed E-state index contributed by atoms with van der Waals surface area (Å²) in [5.41, 5.74) is 2.73. The fourth-order valence-corrected chi connectivity index (χ4v) is 3.72. The lowest BCUT2D eigenvalue weighted by atomic mass is 10.1. The van der Waals surface area contributed by atoms with Crippen molar-refractivity contribution in [3.05, 3.63) is 82.7 Å². The maximum Gasteiger partial charge on any atom is 0.262 e. The predicted octanol–water partition coefficient (Wildman–Crippen LogP) is 3.69. The Balaban J connectivity index is 1.77. The van der Waals surface area contributed by atoms with Crippen LogP contribution in [0.5, 0.6) is 0 Å². The zero-order chi connectivity index (χ0) is 20.1. The number of carbonyl (C=O) groups excluding carboxylic acids is 1. The molecule has 0 fully saturated rings. The minimum atomic E-state index is -0.394. The van der Waals surface area contributed by atoms with Crippen molar-refractivity contribution in [1.29, 1.82) is 0 Å². The van der Waals surface area contributed by atoms with Crippen LogP contribution < -0.4 is 10.9 Å². The number of aromatic nitrogens is 2. The van der Waals surface area contributed by atoms with Gasteiger partial charge in [-0.25, -0.2) is 4.98 Å². The number of para-hydroxylation sites is 1. The first-order valence-corrected chi connectivity index (χ1v) is 9.98. The number of carbonyl (C=O) groups is 1. The second kappa shape index (κ2) is 8.89. The third-order valence-electron chi connectivity index (χ3n) is 4.38. The number of nitrogens with zero attached hydrogens (tertiary/aromatic N) is 2. The average Bonchev–Trinajstić information content (AvgIpc) is 2.70. The summed E-state index contributed by atoms with van der Waals surface area (Å²) >= 11 is 1.28. The molecule has 1 unspecified atom stereocenters. The number of amides is 1. The first-order chi connectivity index (χ1) is 13.5. The van der Waals surface area contributed by atoms with Gasteiger partial charge in [0.2, 0.25) is 5.91 Å². The summed E-state index contributed by atoms with van der Waals surface area (Å²) in [6, 6.07) is 15.3. The van der Waals surface area contributed by atoms with E-state index in [2.05, 4.69) is 16.9 Å².